The lowest BCUT2D eigenvalue weighted by Crippen LogP contribution is -2.00. The van der Waals surface area contributed by atoms with Gasteiger partial charge in [0.2, 0.25) is 0 Å². The molecular weight excluding hydrogens is 767 g/mol. The molecule has 9 aromatic carbocycles. The fraction of sp³-hybridized carbons (Fsp3) is 0. The first-order valence-corrected chi connectivity index (χ1v) is 21.2. The Morgan fingerprint density at radius 1 is 0.286 bits per heavy atom. The molecule has 5 nitrogen and oxygen atoms in total. The third-order valence-electron chi connectivity index (χ3n) is 12.1. The number of fused-ring (bicyclic) bond motifs is 6. The number of rotatable bonds is 7. The van der Waals surface area contributed by atoms with E-state index in [1.807, 2.05) is 36.4 Å². The molecule has 63 heavy (non-hydrogen) atoms. The van der Waals surface area contributed by atoms with Crippen LogP contribution in [0.1, 0.15) is 0 Å². The van der Waals surface area contributed by atoms with Gasteiger partial charge in [0.15, 0.2) is 17.5 Å². The fourth-order valence-corrected chi connectivity index (χ4v) is 9.06. The predicted molar refractivity (Wildman–Crippen MR) is 260 cm³/mol. The third-order valence-corrected chi connectivity index (χ3v) is 12.1. The zero-order valence-electron chi connectivity index (χ0n) is 34.1. The van der Waals surface area contributed by atoms with Crippen molar-refractivity contribution >= 4 is 43.5 Å². The number of hydrogen-bond donors (Lipinski definition) is 0. The van der Waals surface area contributed by atoms with Crippen molar-refractivity contribution < 1.29 is 0 Å². The number of benzene rings is 9. The summed E-state index contributed by atoms with van der Waals surface area (Å²) in [4.78, 5) is 20.4. The van der Waals surface area contributed by atoms with E-state index in [9.17, 15) is 0 Å². The van der Waals surface area contributed by atoms with E-state index < -0.39 is 0 Å². The number of nitrogens with zero attached hydrogens (tertiary/aromatic N) is 5. The van der Waals surface area contributed by atoms with Crippen LogP contribution in [0.4, 0.5) is 0 Å². The maximum absolute atomic E-state index is 5.20. The Bertz CT molecular complexity index is 3580. The highest BCUT2D eigenvalue weighted by Crippen LogP contribution is 2.40. The van der Waals surface area contributed by atoms with Crippen molar-refractivity contribution in [2.75, 3.05) is 0 Å². The van der Waals surface area contributed by atoms with Gasteiger partial charge in [-0.1, -0.05) is 176 Å². The molecule has 0 N–H and O–H groups in total. The summed E-state index contributed by atoms with van der Waals surface area (Å²) in [6.07, 6.45) is 0. The molecular formula is C58H37N5. The van der Waals surface area contributed by atoms with E-state index in [2.05, 4.69) is 193 Å². The van der Waals surface area contributed by atoms with Crippen molar-refractivity contribution in [3.05, 3.63) is 224 Å². The fourth-order valence-electron chi connectivity index (χ4n) is 9.06. The largest absolute Gasteiger partial charge is 0.309 e. The van der Waals surface area contributed by atoms with Gasteiger partial charge < -0.3 is 4.57 Å². The standard InChI is InChI=1S/C58H37N5/c1-4-15-38(16-5-1)50-37-52(40-17-6-2-7-18-40)59-51-36-35-46-45(23-14-24-49(46)55(50)51)39-27-29-42(30-28-39)57-60-56(41-19-8-3-9-20-41)61-58(62-57)43-31-33-44(34-32-43)63-53-25-12-10-21-47(53)48-22-11-13-26-54(48)63/h1-37H. The molecule has 12 aromatic rings. The van der Waals surface area contributed by atoms with Crippen molar-refractivity contribution in [2.45, 2.75) is 0 Å². The summed E-state index contributed by atoms with van der Waals surface area (Å²) in [5.41, 5.74) is 13.8. The van der Waals surface area contributed by atoms with Gasteiger partial charge in [-0.2, -0.15) is 0 Å². The van der Waals surface area contributed by atoms with Crippen LogP contribution in [0.15, 0.2) is 224 Å². The van der Waals surface area contributed by atoms with Gasteiger partial charge >= 0.3 is 0 Å². The molecule has 3 aromatic heterocycles. The van der Waals surface area contributed by atoms with Gasteiger partial charge in [0.1, 0.15) is 0 Å². The number of para-hydroxylation sites is 2. The van der Waals surface area contributed by atoms with Gasteiger partial charge in [0.25, 0.3) is 0 Å². The number of hydrogen-bond acceptors (Lipinski definition) is 4. The highest BCUT2D eigenvalue weighted by Gasteiger charge is 2.17. The first kappa shape index (κ1) is 36.3. The average Bonchev–Trinajstić information content (AvgIpc) is 3.71. The van der Waals surface area contributed by atoms with Crippen molar-refractivity contribution in [2.24, 2.45) is 0 Å². The minimum absolute atomic E-state index is 0.619. The van der Waals surface area contributed by atoms with E-state index in [1.54, 1.807) is 0 Å². The van der Waals surface area contributed by atoms with Crippen LogP contribution in [0.2, 0.25) is 0 Å². The summed E-state index contributed by atoms with van der Waals surface area (Å²) in [6.45, 7) is 0. The normalized spacial score (nSPS) is 11.5. The summed E-state index contributed by atoms with van der Waals surface area (Å²) in [7, 11) is 0. The zero-order chi connectivity index (χ0) is 41.7. The Labute approximate surface area is 364 Å². The SMILES string of the molecule is c1ccc(-c2cc(-c3ccccc3)c3c(ccc4c(-c5ccc(-c6nc(-c7ccccc7)nc(-c7ccc(-n8c9ccccc9c9ccccc98)cc7)n6)cc5)cccc43)n2)cc1. The van der Waals surface area contributed by atoms with Gasteiger partial charge in [-0.05, 0) is 81.6 Å². The highest BCUT2D eigenvalue weighted by molar-refractivity contribution is 6.17. The van der Waals surface area contributed by atoms with Crippen LogP contribution >= 0.6 is 0 Å². The first-order valence-electron chi connectivity index (χ1n) is 21.2. The van der Waals surface area contributed by atoms with Crippen molar-refractivity contribution in [1.82, 2.24) is 24.5 Å². The highest BCUT2D eigenvalue weighted by atomic mass is 15.0. The third kappa shape index (κ3) is 6.42. The molecule has 0 atom stereocenters. The molecule has 12 rings (SSSR count). The van der Waals surface area contributed by atoms with Crippen molar-refractivity contribution in [3.8, 4) is 73.4 Å². The zero-order valence-corrected chi connectivity index (χ0v) is 34.1. The van der Waals surface area contributed by atoms with Gasteiger partial charge in [-0.15, -0.1) is 0 Å². The molecule has 294 valence electrons. The van der Waals surface area contributed by atoms with Crippen LogP contribution in [0.3, 0.4) is 0 Å². The molecule has 0 saturated heterocycles. The Morgan fingerprint density at radius 3 is 1.35 bits per heavy atom. The monoisotopic (exact) mass is 803 g/mol. The van der Waals surface area contributed by atoms with Gasteiger partial charge in [0, 0.05) is 44.1 Å². The lowest BCUT2D eigenvalue weighted by atomic mass is 9.91. The predicted octanol–water partition coefficient (Wildman–Crippen LogP) is 14.7. The molecule has 0 radical (unpaired) electrons. The van der Waals surface area contributed by atoms with Gasteiger partial charge in [0.05, 0.1) is 22.2 Å². The van der Waals surface area contributed by atoms with E-state index in [0.29, 0.717) is 17.5 Å². The van der Waals surface area contributed by atoms with Gasteiger partial charge in [-0.25, -0.2) is 19.9 Å². The maximum Gasteiger partial charge on any atom is 0.164 e. The molecule has 0 unspecified atom stereocenters. The number of pyridine rings is 1. The second kappa shape index (κ2) is 15.2. The van der Waals surface area contributed by atoms with E-state index in [0.717, 1.165) is 61.2 Å². The van der Waals surface area contributed by atoms with Crippen LogP contribution in [0.25, 0.3) is 117 Å². The Morgan fingerprint density at radius 2 is 0.746 bits per heavy atom. The molecule has 0 aliphatic rings. The Hall–Kier alpha value is -8.54. The average molecular weight is 804 g/mol. The topological polar surface area (TPSA) is 56.5 Å². The van der Waals surface area contributed by atoms with Crippen molar-refractivity contribution in [1.29, 1.82) is 0 Å². The molecule has 5 heteroatoms. The molecule has 0 fully saturated rings. The molecule has 0 aliphatic carbocycles. The minimum Gasteiger partial charge on any atom is -0.309 e. The molecule has 0 amide bonds. The van der Waals surface area contributed by atoms with Crippen LogP contribution in [0, 0.1) is 0 Å². The van der Waals surface area contributed by atoms with Crippen LogP contribution < -0.4 is 0 Å². The Balaban J connectivity index is 0.939. The second-order valence-corrected chi connectivity index (χ2v) is 15.8. The Kier molecular flexibility index (Phi) is 8.75. The minimum atomic E-state index is 0.619. The van der Waals surface area contributed by atoms with E-state index in [4.69, 9.17) is 19.9 Å². The summed E-state index contributed by atoms with van der Waals surface area (Å²) in [6, 6.07) is 78.7. The molecule has 0 aliphatic heterocycles. The summed E-state index contributed by atoms with van der Waals surface area (Å²) >= 11 is 0. The molecule has 0 saturated carbocycles. The lowest BCUT2D eigenvalue weighted by Gasteiger charge is -2.15. The van der Waals surface area contributed by atoms with Crippen molar-refractivity contribution in [3.63, 3.8) is 0 Å². The second-order valence-electron chi connectivity index (χ2n) is 15.8. The van der Waals surface area contributed by atoms with E-state index >= 15 is 0 Å². The van der Waals surface area contributed by atoms with E-state index in [-0.39, 0.29) is 0 Å². The molecule has 3 heterocycles. The van der Waals surface area contributed by atoms with Crippen LogP contribution in [-0.2, 0) is 0 Å². The summed E-state index contributed by atoms with van der Waals surface area (Å²) in [5, 5.41) is 5.95. The number of aromatic nitrogens is 5. The molecule has 0 spiro atoms. The smallest absolute Gasteiger partial charge is 0.164 e. The van der Waals surface area contributed by atoms with Crippen LogP contribution in [-0.4, -0.2) is 24.5 Å². The van der Waals surface area contributed by atoms with Gasteiger partial charge in [-0.3, -0.25) is 0 Å². The summed E-state index contributed by atoms with van der Waals surface area (Å²) in [5.74, 6) is 1.87. The summed E-state index contributed by atoms with van der Waals surface area (Å²) < 4.78 is 2.32. The lowest BCUT2D eigenvalue weighted by molar-refractivity contribution is 1.07. The molecule has 0 bridgehead atoms. The maximum atomic E-state index is 5.20. The first-order chi connectivity index (χ1) is 31.2. The van der Waals surface area contributed by atoms with Crippen LogP contribution in [0.5, 0.6) is 0 Å². The van der Waals surface area contributed by atoms with E-state index in [1.165, 1.54) is 38.1 Å². The quantitative estimate of drug-likeness (QED) is 0.151.